The number of carbonyl (C=O) groups excluding carboxylic acids is 1. The standard InChI is InChI=1S/C15H11Cl2N3O/c16-12-5-4-10(7-13(12)17)19-15(21)8-11-9-20-6-2-1-3-14(20)18-11/h1-7,9H,8H2,(H,19,21). The van der Waals surface area contributed by atoms with Gasteiger partial charge in [0.15, 0.2) is 0 Å². The maximum Gasteiger partial charge on any atom is 0.230 e. The maximum absolute atomic E-state index is 12.0. The molecule has 0 spiro atoms. The number of nitrogens with zero attached hydrogens (tertiary/aromatic N) is 2. The molecule has 0 fully saturated rings. The number of carbonyl (C=O) groups is 1. The third-order valence-corrected chi connectivity index (χ3v) is 3.70. The minimum absolute atomic E-state index is 0.156. The zero-order valence-electron chi connectivity index (χ0n) is 10.9. The summed E-state index contributed by atoms with van der Waals surface area (Å²) in [4.78, 5) is 16.4. The van der Waals surface area contributed by atoms with Crippen LogP contribution >= 0.6 is 23.2 Å². The van der Waals surface area contributed by atoms with Crippen LogP contribution in [0.2, 0.25) is 10.0 Å². The second-order valence-electron chi connectivity index (χ2n) is 4.55. The van der Waals surface area contributed by atoms with E-state index in [1.54, 1.807) is 18.2 Å². The average Bonchev–Trinajstić information content (AvgIpc) is 2.84. The van der Waals surface area contributed by atoms with Gasteiger partial charge in [-0.1, -0.05) is 29.3 Å². The Bertz CT molecular complexity index is 781. The van der Waals surface area contributed by atoms with Crippen molar-refractivity contribution in [3.63, 3.8) is 0 Å². The molecule has 2 heterocycles. The minimum atomic E-state index is -0.156. The quantitative estimate of drug-likeness (QED) is 0.797. The first-order valence-corrected chi connectivity index (χ1v) is 7.05. The fourth-order valence-electron chi connectivity index (χ4n) is 2.02. The highest BCUT2D eigenvalue weighted by molar-refractivity contribution is 6.42. The van der Waals surface area contributed by atoms with Gasteiger partial charge in [-0.2, -0.15) is 0 Å². The molecule has 0 saturated carbocycles. The van der Waals surface area contributed by atoms with Gasteiger partial charge in [0, 0.05) is 18.1 Å². The van der Waals surface area contributed by atoms with Crippen molar-refractivity contribution in [2.45, 2.75) is 6.42 Å². The van der Waals surface area contributed by atoms with Crippen LogP contribution in [0.1, 0.15) is 5.69 Å². The van der Waals surface area contributed by atoms with Crippen LogP contribution in [0.25, 0.3) is 5.65 Å². The first-order valence-electron chi connectivity index (χ1n) is 6.29. The Morgan fingerprint density at radius 1 is 1.19 bits per heavy atom. The predicted molar refractivity (Wildman–Crippen MR) is 84.0 cm³/mol. The molecule has 0 atom stereocenters. The van der Waals surface area contributed by atoms with Crippen molar-refractivity contribution < 1.29 is 4.79 Å². The summed E-state index contributed by atoms with van der Waals surface area (Å²) in [6.07, 6.45) is 3.92. The smallest absolute Gasteiger partial charge is 0.230 e. The normalized spacial score (nSPS) is 10.8. The topological polar surface area (TPSA) is 46.4 Å². The van der Waals surface area contributed by atoms with Crippen molar-refractivity contribution in [3.05, 3.63) is 64.5 Å². The summed E-state index contributed by atoms with van der Waals surface area (Å²) >= 11 is 11.7. The minimum Gasteiger partial charge on any atom is -0.326 e. The summed E-state index contributed by atoms with van der Waals surface area (Å²) in [6, 6.07) is 10.7. The summed E-state index contributed by atoms with van der Waals surface area (Å²) in [5.74, 6) is -0.156. The molecule has 3 aromatic rings. The van der Waals surface area contributed by atoms with Gasteiger partial charge >= 0.3 is 0 Å². The lowest BCUT2D eigenvalue weighted by molar-refractivity contribution is -0.115. The fraction of sp³-hybridized carbons (Fsp3) is 0.0667. The molecule has 0 saturated heterocycles. The molecule has 0 unspecified atom stereocenters. The second-order valence-corrected chi connectivity index (χ2v) is 5.37. The highest BCUT2D eigenvalue weighted by Gasteiger charge is 2.08. The van der Waals surface area contributed by atoms with Gasteiger partial charge in [0.2, 0.25) is 5.91 Å². The van der Waals surface area contributed by atoms with E-state index in [0.29, 0.717) is 21.4 Å². The van der Waals surface area contributed by atoms with E-state index in [4.69, 9.17) is 23.2 Å². The van der Waals surface area contributed by atoms with E-state index >= 15 is 0 Å². The molecule has 6 heteroatoms. The zero-order valence-corrected chi connectivity index (χ0v) is 12.4. The van der Waals surface area contributed by atoms with Crippen molar-refractivity contribution in [2.75, 3.05) is 5.32 Å². The molecular formula is C15H11Cl2N3O. The Morgan fingerprint density at radius 2 is 2.05 bits per heavy atom. The van der Waals surface area contributed by atoms with Gasteiger partial charge in [-0.15, -0.1) is 0 Å². The predicted octanol–water partition coefficient (Wildman–Crippen LogP) is 3.82. The third-order valence-electron chi connectivity index (χ3n) is 2.96. The fourth-order valence-corrected chi connectivity index (χ4v) is 2.31. The van der Waals surface area contributed by atoms with Crippen LogP contribution in [0.3, 0.4) is 0 Å². The van der Waals surface area contributed by atoms with Gasteiger partial charge in [-0.3, -0.25) is 4.79 Å². The van der Waals surface area contributed by atoms with Crippen LogP contribution in [0.15, 0.2) is 48.8 Å². The van der Waals surface area contributed by atoms with Crippen molar-refractivity contribution in [1.29, 1.82) is 0 Å². The molecule has 21 heavy (non-hydrogen) atoms. The lowest BCUT2D eigenvalue weighted by Crippen LogP contribution is -2.14. The number of benzene rings is 1. The number of hydrogen-bond acceptors (Lipinski definition) is 2. The molecule has 0 bridgehead atoms. The Balaban J connectivity index is 1.72. The largest absolute Gasteiger partial charge is 0.326 e. The van der Waals surface area contributed by atoms with Crippen molar-refractivity contribution in [2.24, 2.45) is 0 Å². The molecule has 4 nitrogen and oxygen atoms in total. The Hall–Kier alpha value is -2.04. The van der Waals surface area contributed by atoms with Crippen LogP contribution < -0.4 is 5.32 Å². The van der Waals surface area contributed by atoms with E-state index in [0.717, 1.165) is 5.65 Å². The van der Waals surface area contributed by atoms with Crippen LogP contribution in [-0.4, -0.2) is 15.3 Å². The van der Waals surface area contributed by atoms with Crippen LogP contribution in [0, 0.1) is 0 Å². The van der Waals surface area contributed by atoms with Crippen molar-refractivity contribution in [3.8, 4) is 0 Å². The SMILES string of the molecule is O=C(Cc1cn2ccccc2n1)Nc1ccc(Cl)c(Cl)c1. The van der Waals surface area contributed by atoms with Gasteiger partial charge in [0.05, 0.1) is 22.2 Å². The third kappa shape index (κ3) is 3.17. The summed E-state index contributed by atoms with van der Waals surface area (Å²) in [6.45, 7) is 0. The highest BCUT2D eigenvalue weighted by atomic mass is 35.5. The molecule has 1 aromatic carbocycles. The zero-order chi connectivity index (χ0) is 14.8. The van der Waals surface area contributed by atoms with E-state index in [1.165, 1.54) is 0 Å². The first kappa shape index (κ1) is 13.9. The molecule has 1 N–H and O–H groups in total. The van der Waals surface area contributed by atoms with Crippen molar-refractivity contribution in [1.82, 2.24) is 9.38 Å². The van der Waals surface area contributed by atoms with E-state index < -0.39 is 0 Å². The van der Waals surface area contributed by atoms with E-state index in [-0.39, 0.29) is 12.3 Å². The van der Waals surface area contributed by atoms with Crippen molar-refractivity contribution >= 4 is 40.4 Å². The van der Waals surface area contributed by atoms with Gasteiger partial charge in [-0.25, -0.2) is 4.98 Å². The molecule has 106 valence electrons. The lowest BCUT2D eigenvalue weighted by atomic mass is 10.3. The lowest BCUT2D eigenvalue weighted by Gasteiger charge is -2.05. The van der Waals surface area contributed by atoms with E-state index in [2.05, 4.69) is 10.3 Å². The summed E-state index contributed by atoms with van der Waals surface area (Å²) in [7, 11) is 0. The number of fused-ring (bicyclic) bond motifs is 1. The number of amides is 1. The molecule has 0 aliphatic carbocycles. The summed E-state index contributed by atoms with van der Waals surface area (Å²) in [5.41, 5.74) is 2.13. The first-order chi connectivity index (χ1) is 10.1. The number of halogens is 2. The van der Waals surface area contributed by atoms with E-state index in [9.17, 15) is 4.79 Å². The monoisotopic (exact) mass is 319 g/mol. The second kappa shape index (κ2) is 5.76. The molecule has 2 aromatic heterocycles. The van der Waals surface area contributed by atoms with Gasteiger partial charge in [-0.05, 0) is 30.3 Å². The molecule has 0 aliphatic heterocycles. The summed E-state index contributed by atoms with van der Waals surface area (Å²) < 4.78 is 1.88. The maximum atomic E-state index is 12.0. The van der Waals surface area contributed by atoms with Crippen LogP contribution in [0.5, 0.6) is 0 Å². The van der Waals surface area contributed by atoms with Gasteiger partial charge < -0.3 is 9.72 Å². The number of anilines is 1. The number of pyridine rings is 1. The number of rotatable bonds is 3. The Morgan fingerprint density at radius 3 is 2.81 bits per heavy atom. The molecule has 3 rings (SSSR count). The number of nitrogens with one attached hydrogen (secondary N) is 1. The number of imidazole rings is 1. The molecule has 0 radical (unpaired) electrons. The molecule has 1 amide bonds. The summed E-state index contributed by atoms with van der Waals surface area (Å²) in [5, 5.41) is 3.63. The van der Waals surface area contributed by atoms with Crippen LogP contribution in [-0.2, 0) is 11.2 Å². The Kier molecular flexibility index (Phi) is 3.82. The van der Waals surface area contributed by atoms with Crippen LogP contribution in [0.4, 0.5) is 5.69 Å². The van der Waals surface area contributed by atoms with E-state index in [1.807, 2.05) is 35.0 Å². The Labute approximate surface area is 131 Å². The highest BCUT2D eigenvalue weighted by Crippen LogP contribution is 2.25. The molecular weight excluding hydrogens is 309 g/mol. The van der Waals surface area contributed by atoms with Gasteiger partial charge in [0.25, 0.3) is 0 Å². The number of aromatic nitrogens is 2. The number of hydrogen-bond donors (Lipinski definition) is 1. The average molecular weight is 320 g/mol. The van der Waals surface area contributed by atoms with Gasteiger partial charge in [0.1, 0.15) is 5.65 Å². The molecule has 0 aliphatic rings.